The summed E-state index contributed by atoms with van der Waals surface area (Å²) in [4.78, 5) is 35.7. The van der Waals surface area contributed by atoms with Crippen LogP contribution in [0.1, 0.15) is 54.4 Å². The molecule has 10 heteroatoms. The lowest BCUT2D eigenvalue weighted by Crippen LogP contribution is -2.45. The number of urea groups is 1. The number of benzene rings is 1. The van der Waals surface area contributed by atoms with E-state index in [2.05, 4.69) is 10.6 Å². The Morgan fingerprint density at radius 1 is 1.16 bits per heavy atom. The number of amides is 2. The highest BCUT2D eigenvalue weighted by Gasteiger charge is 2.38. The summed E-state index contributed by atoms with van der Waals surface area (Å²) in [7, 11) is -1.20. The predicted octanol–water partition coefficient (Wildman–Crippen LogP) is 1.34. The van der Waals surface area contributed by atoms with Crippen LogP contribution in [0.4, 0.5) is 4.79 Å². The van der Waals surface area contributed by atoms with E-state index in [1.54, 1.807) is 12.1 Å². The highest BCUT2D eigenvalue weighted by Crippen LogP contribution is 2.37. The number of carbonyl (C=O) groups excluding carboxylic acids is 2. The Bertz CT molecular complexity index is 812. The molecule has 0 unspecified atom stereocenters. The molecule has 1 aliphatic carbocycles. The van der Waals surface area contributed by atoms with Crippen LogP contribution in [0, 0.1) is 5.92 Å². The Kier molecular flexibility index (Phi) is 7.92. The topological polar surface area (TPSA) is 151 Å². The molecule has 9 nitrogen and oxygen atoms in total. The molecule has 2 amide bonds. The van der Waals surface area contributed by atoms with Gasteiger partial charge in [-0.05, 0) is 49.7 Å². The molecule has 1 aliphatic heterocycles. The van der Waals surface area contributed by atoms with Gasteiger partial charge in [-0.1, -0.05) is 12.1 Å². The number of carboxylic acids is 1. The van der Waals surface area contributed by atoms with Gasteiger partial charge in [-0.25, -0.2) is 9.59 Å². The molecule has 3 rings (SSSR count). The van der Waals surface area contributed by atoms with Crippen LogP contribution in [0.3, 0.4) is 0 Å². The van der Waals surface area contributed by atoms with Gasteiger partial charge in [0, 0.05) is 37.8 Å². The molecule has 1 aromatic rings. The summed E-state index contributed by atoms with van der Waals surface area (Å²) >= 11 is 0. The molecule has 0 saturated heterocycles. The number of Topliss-reactive ketones (excluding diaryl/α,β-unsaturated/α-hetero) is 1. The third-order valence-corrected chi connectivity index (χ3v) is 6.07. The second kappa shape index (κ2) is 10.6. The third kappa shape index (κ3) is 6.21. The second-order valence-corrected chi connectivity index (χ2v) is 8.43. The van der Waals surface area contributed by atoms with Gasteiger partial charge in [-0.2, -0.15) is 0 Å². The number of hydrogen-bond acceptors (Lipinski definition) is 6. The summed E-state index contributed by atoms with van der Waals surface area (Å²) in [5.41, 5.74) is 6.08. The highest BCUT2D eigenvalue weighted by molar-refractivity contribution is 6.47. The molecule has 0 bridgehead atoms. The van der Waals surface area contributed by atoms with Crippen LogP contribution < -0.4 is 21.0 Å². The minimum absolute atomic E-state index is 0.0170. The van der Waals surface area contributed by atoms with E-state index in [1.807, 2.05) is 0 Å². The van der Waals surface area contributed by atoms with Gasteiger partial charge in [-0.3, -0.25) is 4.79 Å². The Hall–Kier alpha value is -2.59. The van der Waals surface area contributed by atoms with Gasteiger partial charge in [0.25, 0.3) is 0 Å². The number of hydrogen-bond donors (Lipinski definition) is 5. The molecule has 0 spiro atoms. The van der Waals surface area contributed by atoms with E-state index >= 15 is 0 Å². The van der Waals surface area contributed by atoms with Crippen molar-refractivity contribution in [3.63, 3.8) is 0 Å². The minimum atomic E-state index is -1.20. The fourth-order valence-electron chi connectivity index (χ4n) is 4.46. The van der Waals surface area contributed by atoms with E-state index in [-0.39, 0.29) is 41.5 Å². The van der Waals surface area contributed by atoms with Crippen LogP contribution in [0.5, 0.6) is 5.75 Å². The number of para-hydroxylation sites is 1. The van der Waals surface area contributed by atoms with Crippen molar-refractivity contribution in [2.75, 3.05) is 13.1 Å². The van der Waals surface area contributed by atoms with Crippen molar-refractivity contribution < 1.29 is 29.2 Å². The fourth-order valence-corrected chi connectivity index (χ4v) is 4.46. The third-order valence-electron chi connectivity index (χ3n) is 6.07. The van der Waals surface area contributed by atoms with Gasteiger partial charge in [0.1, 0.15) is 11.5 Å². The van der Waals surface area contributed by atoms with E-state index in [0.717, 1.165) is 25.7 Å². The maximum absolute atomic E-state index is 12.6. The number of fused-ring (bicyclic) bond motifs is 1. The number of carbonyl (C=O) groups is 3. The van der Waals surface area contributed by atoms with E-state index in [1.165, 1.54) is 6.07 Å². The zero-order valence-electron chi connectivity index (χ0n) is 17.5. The van der Waals surface area contributed by atoms with Crippen LogP contribution in [0.15, 0.2) is 18.2 Å². The Morgan fingerprint density at radius 2 is 1.90 bits per heavy atom. The first kappa shape index (κ1) is 23.1. The zero-order chi connectivity index (χ0) is 22.4. The summed E-state index contributed by atoms with van der Waals surface area (Å²) in [6.45, 7) is 0.837. The molecule has 0 aromatic heterocycles. The number of carboxylic acid groups (broad SMARTS) is 1. The minimum Gasteiger partial charge on any atom is -0.535 e. The summed E-state index contributed by atoms with van der Waals surface area (Å²) in [5, 5.41) is 25.2. The lowest BCUT2D eigenvalue weighted by molar-refractivity contribution is -0.120. The SMILES string of the molecule is NCCNC(=O)NC1CCC(CC(=O)C[C@H]2Cc3cccc(C(=O)O)c3OB2O)CC1. The molecule has 1 saturated carbocycles. The first-order chi connectivity index (χ1) is 14.9. The lowest BCUT2D eigenvalue weighted by atomic mass is 9.64. The molecule has 6 N–H and O–H groups in total. The van der Waals surface area contributed by atoms with Gasteiger partial charge < -0.3 is 31.2 Å². The summed E-state index contributed by atoms with van der Waals surface area (Å²) < 4.78 is 5.48. The molecule has 0 radical (unpaired) electrons. The summed E-state index contributed by atoms with van der Waals surface area (Å²) in [6.07, 6.45) is 4.42. The number of nitrogens with one attached hydrogen (secondary N) is 2. The van der Waals surface area contributed by atoms with Crippen molar-refractivity contribution in [3.05, 3.63) is 29.3 Å². The standard InChI is InChI=1S/C21H30BN3O6/c23-8-9-24-21(29)25-16-6-4-13(5-7-16)10-17(26)12-15-11-14-2-1-3-18(20(27)28)19(14)31-22(15)30/h1-3,13,15-16,30H,4-12,23H2,(H,27,28)(H2,24,25,29)/t13?,15-,16?/m1/s1. The average molecular weight is 431 g/mol. The average Bonchev–Trinajstić information content (AvgIpc) is 2.73. The smallest absolute Gasteiger partial charge is 0.526 e. The molecule has 31 heavy (non-hydrogen) atoms. The van der Waals surface area contributed by atoms with Crippen LogP contribution >= 0.6 is 0 Å². The van der Waals surface area contributed by atoms with Crippen molar-refractivity contribution >= 4 is 24.9 Å². The molecular formula is C21H30BN3O6. The maximum atomic E-state index is 12.6. The molecule has 2 aliphatic rings. The normalized spacial score (nSPS) is 22.8. The van der Waals surface area contributed by atoms with Gasteiger partial charge in [0.15, 0.2) is 0 Å². The molecule has 1 atom stereocenters. The first-order valence-electron chi connectivity index (χ1n) is 10.8. The molecule has 1 fully saturated rings. The Labute approximate surface area is 181 Å². The summed E-state index contributed by atoms with van der Waals surface area (Å²) in [6, 6.07) is 4.75. The lowest BCUT2D eigenvalue weighted by Gasteiger charge is -2.30. The van der Waals surface area contributed by atoms with E-state index < -0.39 is 18.9 Å². The quantitative estimate of drug-likeness (QED) is 0.390. The maximum Gasteiger partial charge on any atom is 0.526 e. The molecule has 168 valence electrons. The van der Waals surface area contributed by atoms with Crippen molar-refractivity contribution in [2.24, 2.45) is 11.7 Å². The van der Waals surface area contributed by atoms with Gasteiger partial charge in [-0.15, -0.1) is 0 Å². The fraction of sp³-hybridized carbons (Fsp3) is 0.571. The predicted molar refractivity (Wildman–Crippen MR) is 115 cm³/mol. The molecule has 1 aromatic carbocycles. The van der Waals surface area contributed by atoms with Gasteiger partial charge in [0.05, 0.1) is 5.56 Å². The van der Waals surface area contributed by atoms with Gasteiger partial charge in [0.2, 0.25) is 0 Å². The van der Waals surface area contributed by atoms with Crippen LogP contribution in [-0.4, -0.2) is 54.2 Å². The van der Waals surface area contributed by atoms with E-state index in [0.29, 0.717) is 31.5 Å². The van der Waals surface area contributed by atoms with Gasteiger partial charge >= 0.3 is 19.1 Å². The van der Waals surface area contributed by atoms with E-state index in [9.17, 15) is 24.5 Å². The van der Waals surface area contributed by atoms with Crippen LogP contribution in [0.25, 0.3) is 0 Å². The Morgan fingerprint density at radius 3 is 2.58 bits per heavy atom. The number of ketones is 1. The van der Waals surface area contributed by atoms with Crippen LogP contribution in [0.2, 0.25) is 5.82 Å². The van der Waals surface area contributed by atoms with Crippen molar-refractivity contribution in [1.82, 2.24) is 10.6 Å². The number of rotatable bonds is 8. The first-order valence-corrected chi connectivity index (χ1v) is 10.8. The summed E-state index contributed by atoms with van der Waals surface area (Å²) in [5.74, 6) is -0.978. The zero-order valence-corrected chi connectivity index (χ0v) is 17.5. The second-order valence-electron chi connectivity index (χ2n) is 8.43. The number of aromatic carboxylic acids is 1. The van der Waals surface area contributed by atoms with Crippen molar-refractivity contribution in [3.8, 4) is 5.75 Å². The van der Waals surface area contributed by atoms with Crippen LogP contribution in [-0.2, 0) is 11.2 Å². The monoisotopic (exact) mass is 431 g/mol. The highest BCUT2D eigenvalue weighted by atomic mass is 16.5. The Balaban J connectivity index is 1.46. The molecule has 1 heterocycles. The molecular weight excluding hydrogens is 401 g/mol. The van der Waals surface area contributed by atoms with Crippen molar-refractivity contribution in [2.45, 2.75) is 56.8 Å². The van der Waals surface area contributed by atoms with E-state index in [4.69, 9.17) is 10.4 Å². The number of nitrogens with two attached hydrogens (primary N) is 1. The van der Waals surface area contributed by atoms with Crippen molar-refractivity contribution in [1.29, 1.82) is 0 Å². The largest absolute Gasteiger partial charge is 0.535 e.